The van der Waals surface area contributed by atoms with E-state index < -0.39 is 0 Å². The van der Waals surface area contributed by atoms with Gasteiger partial charge in [-0.3, -0.25) is 9.80 Å². The minimum absolute atomic E-state index is 0.318. The molecule has 0 spiro atoms. The van der Waals surface area contributed by atoms with E-state index in [9.17, 15) is 0 Å². The Labute approximate surface area is 196 Å². The molecule has 0 aromatic heterocycles. The second-order valence-corrected chi connectivity index (χ2v) is 9.45. The highest BCUT2D eigenvalue weighted by atomic mass is 35.5. The molecule has 3 aliphatic heterocycles. The van der Waals surface area contributed by atoms with Gasteiger partial charge in [0.05, 0.1) is 32.0 Å². The Morgan fingerprint density at radius 1 is 1.06 bits per heavy atom. The van der Waals surface area contributed by atoms with E-state index >= 15 is 0 Å². The molecule has 3 aliphatic rings. The Morgan fingerprint density at radius 3 is 2.75 bits per heavy atom. The molecule has 0 unspecified atom stereocenters. The van der Waals surface area contributed by atoms with Gasteiger partial charge in [0.1, 0.15) is 11.5 Å². The third-order valence-electron chi connectivity index (χ3n) is 7.14. The quantitative estimate of drug-likeness (QED) is 0.562. The highest BCUT2D eigenvalue weighted by Crippen LogP contribution is 2.46. The molecule has 3 heterocycles. The van der Waals surface area contributed by atoms with Crippen LogP contribution < -0.4 is 9.47 Å². The number of rotatable bonds is 7. The van der Waals surface area contributed by atoms with E-state index in [4.69, 9.17) is 25.8 Å². The van der Waals surface area contributed by atoms with E-state index in [1.54, 1.807) is 7.11 Å². The molecule has 5 nitrogen and oxygen atoms in total. The lowest BCUT2D eigenvalue weighted by atomic mass is 9.81. The van der Waals surface area contributed by atoms with E-state index in [0.29, 0.717) is 17.0 Å². The summed E-state index contributed by atoms with van der Waals surface area (Å²) >= 11 is 6.47. The minimum atomic E-state index is 0.318. The second kappa shape index (κ2) is 10.0. The normalized spacial score (nSPS) is 23.6. The summed E-state index contributed by atoms with van der Waals surface area (Å²) in [6.45, 7) is 7.80. The number of fused-ring (bicyclic) bond motifs is 3. The predicted octanol–water partition coefficient (Wildman–Crippen LogP) is 4.73. The fourth-order valence-corrected chi connectivity index (χ4v) is 5.73. The van der Waals surface area contributed by atoms with E-state index in [0.717, 1.165) is 70.5 Å². The standard InChI is InChI=1S/C26H33ClN2O3/c1-30-26-8-5-19(16-24(26)27)23-18-29-10-2-4-25(29)22-17-20(6-7-21(22)23)32-13-3-9-28-11-14-31-15-12-28/h5-8,16-17,23,25H,2-4,9-15,18H2,1H3/t23-,25+/m0/s1. The molecule has 2 atom stereocenters. The summed E-state index contributed by atoms with van der Waals surface area (Å²) in [5.41, 5.74) is 4.09. The van der Waals surface area contributed by atoms with E-state index in [1.165, 1.54) is 29.5 Å². The van der Waals surface area contributed by atoms with Crippen molar-refractivity contribution in [2.75, 3.05) is 59.7 Å². The third kappa shape index (κ3) is 4.62. The van der Waals surface area contributed by atoms with Gasteiger partial charge in [0.25, 0.3) is 0 Å². The topological polar surface area (TPSA) is 34.2 Å². The van der Waals surface area contributed by atoms with Gasteiger partial charge in [-0.05, 0) is 66.8 Å². The number of nitrogens with zero attached hydrogens (tertiary/aromatic N) is 2. The van der Waals surface area contributed by atoms with Gasteiger partial charge >= 0.3 is 0 Å². The van der Waals surface area contributed by atoms with Crippen LogP contribution in [0.25, 0.3) is 0 Å². The highest BCUT2D eigenvalue weighted by molar-refractivity contribution is 6.32. The molecular weight excluding hydrogens is 424 g/mol. The molecule has 0 bridgehead atoms. The van der Waals surface area contributed by atoms with Crippen molar-refractivity contribution in [1.82, 2.24) is 9.80 Å². The first-order valence-corrected chi connectivity index (χ1v) is 12.2. The second-order valence-electron chi connectivity index (χ2n) is 9.05. The molecule has 2 aromatic carbocycles. The van der Waals surface area contributed by atoms with Crippen LogP contribution in [0.5, 0.6) is 11.5 Å². The molecule has 2 fully saturated rings. The van der Waals surface area contributed by atoms with Gasteiger partial charge in [0.2, 0.25) is 0 Å². The Morgan fingerprint density at radius 2 is 1.94 bits per heavy atom. The molecule has 2 aromatic rings. The monoisotopic (exact) mass is 456 g/mol. The van der Waals surface area contributed by atoms with Crippen molar-refractivity contribution < 1.29 is 14.2 Å². The fourth-order valence-electron chi connectivity index (χ4n) is 5.47. The third-order valence-corrected chi connectivity index (χ3v) is 7.44. The summed E-state index contributed by atoms with van der Waals surface area (Å²) in [6, 6.07) is 13.4. The maximum atomic E-state index is 6.47. The minimum Gasteiger partial charge on any atom is -0.495 e. The van der Waals surface area contributed by atoms with Crippen LogP contribution in [0.2, 0.25) is 5.02 Å². The lowest BCUT2D eigenvalue weighted by Gasteiger charge is -2.38. The van der Waals surface area contributed by atoms with Gasteiger partial charge in [-0.2, -0.15) is 0 Å². The van der Waals surface area contributed by atoms with Crippen LogP contribution in [0.3, 0.4) is 0 Å². The van der Waals surface area contributed by atoms with Crippen LogP contribution in [0.1, 0.15) is 47.9 Å². The Kier molecular flexibility index (Phi) is 6.88. The van der Waals surface area contributed by atoms with Crippen LogP contribution in [0.15, 0.2) is 36.4 Å². The van der Waals surface area contributed by atoms with Crippen LogP contribution in [0, 0.1) is 0 Å². The average Bonchev–Trinajstić information content (AvgIpc) is 3.31. The van der Waals surface area contributed by atoms with Crippen molar-refractivity contribution in [3.63, 3.8) is 0 Å². The number of morpholine rings is 1. The largest absolute Gasteiger partial charge is 0.495 e. The predicted molar refractivity (Wildman–Crippen MR) is 127 cm³/mol. The number of hydrogen-bond donors (Lipinski definition) is 0. The van der Waals surface area contributed by atoms with Gasteiger partial charge in [0.15, 0.2) is 0 Å². The SMILES string of the molecule is COc1ccc([C@@H]2CN3CCC[C@@H]3c3cc(OCCCN4CCOCC4)ccc32)cc1Cl. The lowest BCUT2D eigenvalue weighted by molar-refractivity contribution is 0.0358. The summed E-state index contributed by atoms with van der Waals surface area (Å²) in [5.74, 6) is 2.04. The van der Waals surface area contributed by atoms with Crippen molar-refractivity contribution >= 4 is 11.6 Å². The van der Waals surface area contributed by atoms with Crippen LogP contribution in [0.4, 0.5) is 0 Å². The molecule has 0 radical (unpaired) electrons. The molecular formula is C26H33ClN2O3. The zero-order chi connectivity index (χ0) is 21.9. The number of ether oxygens (including phenoxy) is 3. The number of halogens is 1. The number of methoxy groups -OCH3 is 1. The lowest BCUT2D eigenvalue weighted by Crippen LogP contribution is -2.37. The summed E-state index contributed by atoms with van der Waals surface area (Å²) in [6.07, 6.45) is 3.52. The zero-order valence-corrected chi connectivity index (χ0v) is 19.7. The molecule has 0 N–H and O–H groups in total. The Bertz CT molecular complexity index is 931. The van der Waals surface area contributed by atoms with Crippen molar-refractivity contribution in [3.05, 3.63) is 58.1 Å². The smallest absolute Gasteiger partial charge is 0.137 e. The average molecular weight is 457 g/mol. The van der Waals surface area contributed by atoms with Crippen molar-refractivity contribution in [3.8, 4) is 11.5 Å². The van der Waals surface area contributed by atoms with Gasteiger partial charge < -0.3 is 14.2 Å². The molecule has 172 valence electrons. The molecule has 5 rings (SSSR count). The van der Waals surface area contributed by atoms with Crippen LogP contribution in [-0.4, -0.2) is 69.5 Å². The van der Waals surface area contributed by atoms with Gasteiger partial charge in [-0.15, -0.1) is 0 Å². The van der Waals surface area contributed by atoms with Gasteiger partial charge in [-0.1, -0.05) is 23.7 Å². The van der Waals surface area contributed by atoms with E-state index in [1.807, 2.05) is 6.07 Å². The van der Waals surface area contributed by atoms with Gasteiger partial charge in [0, 0.05) is 38.1 Å². The Hall–Kier alpha value is -1.79. The summed E-state index contributed by atoms with van der Waals surface area (Å²) in [5, 5.41) is 0.676. The van der Waals surface area contributed by atoms with Crippen LogP contribution >= 0.6 is 11.6 Å². The Balaban J connectivity index is 1.31. The fraction of sp³-hybridized carbons (Fsp3) is 0.538. The molecule has 0 amide bonds. The van der Waals surface area contributed by atoms with E-state index in [-0.39, 0.29) is 0 Å². The van der Waals surface area contributed by atoms with Gasteiger partial charge in [-0.25, -0.2) is 0 Å². The maximum Gasteiger partial charge on any atom is 0.137 e. The molecule has 0 saturated carbocycles. The first kappa shape index (κ1) is 22.0. The van der Waals surface area contributed by atoms with Crippen molar-refractivity contribution in [2.24, 2.45) is 0 Å². The maximum absolute atomic E-state index is 6.47. The highest BCUT2D eigenvalue weighted by Gasteiger charge is 2.36. The molecule has 32 heavy (non-hydrogen) atoms. The molecule has 6 heteroatoms. The van der Waals surface area contributed by atoms with Crippen molar-refractivity contribution in [2.45, 2.75) is 31.2 Å². The number of benzene rings is 2. The van der Waals surface area contributed by atoms with Crippen LogP contribution in [-0.2, 0) is 4.74 Å². The molecule has 0 aliphatic carbocycles. The summed E-state index contributed by atoms with van der Waals surface area (Å²) in [4.78, 5) is 5.09. The summed E-state index contributed by atoms with van der Waals surface area (Å²) < 4.78 is 17.0. The first-order chi connectivity index (χ1) is 15.7. The first-order valence-electron chi connectivity index (χ1n) is 11.9. The molecule has 2 saturated heterocycles. The number of hydrogen-bond acceptors (Lipinski definition) is 5. The van der Waals surface area contributed by atoms with Crippen molar-refractivity contribution in [1.29, 1.82) is 0 Å². The zero-order valence-electron chi connectivity index (χ0n) is 18.9. The van der Waals surface area contributed by atoms with E-state index in [2.05, 4.69) is 40.1 Å². The summed E-state index contributed by atoms with van der Waals surface area (Å²) in [7, 11) is 1.66.